The Hall–Kier alpha value is -1.70. The topological polar surface area (TPSA) is 41.1 Å². The van der Waals surface area contributed by atoms with Crippen LogP contribution in [0.1, 0.15) is 44.1 Å². The molecule has 4 rings (SSSR count). The summed E-state index contributed by atoms with van der Waals surface area (Å²) in [5, 5.41) is 6.17. The molecule has 0 aliphatic heterocycles. The molecule has 0 heterocycles. The number of terminal acetylenes is 1. The molecule has 0 bridgehead atoms. The summed E-state index contributed by atoms with van der Waals surface area (Å²) < 4.78 is 13.6. The van der Waals surface area contributed by atoms with E-state index in [0.717, 1.165) is 37.8 Å². The molecule has 1 amide bonds. The highest BCUT2D eigenvalue weighted by molar-refractivity contribution is 6.52. The number of carbonyl (C=O) groups is 1. The normalized spacial score (nSPS) is 24.1. The molecule has 136 valence electrons. The van der Waals surface area contributed by atoms with Gasteiger partial charge in [0.2, 0.25) is 5.91 Å². The van der Waals surface area contributed by atoms with E-state index in [-0.39, 0.29) is 17.3 Å². The Morgan fingerprint density at radius 1 is 1.31 bits per heavy atom. The van der Waals surface area contributed by atoms with E-state index in [1.807, 2.05) is 0 Å². The molecule has 0 saturated heterocycles. The average Bonchev–Trinajstić information content (AvgIpc) is 3.44. The Balaban J connectivity index is 1.60. The average molecular weight is 393 g/mol. The molecule has 26 heavy (non-hydrogen) atoms. The SMILES string of the molecule is C#CC1(NC(=C2CCC2)c2cc(NC(=O)C3CC3(Cl)Cl)ccc2F)CC1. The van der Waals surface area contributed by atoms with E-state index in [1.54, 1.807) is 12.1 Å². The third-order valence-electron chi connectivity index (χ3n) is 5.35. The van der Waals surface area contributed by atoms with Gasteiger partial charge in [-0.25, -0.2) is 4.39 Å². The predicted octanol–water partition coefficient (Wildman–Crippen LogP) is 4.61. The largest absolute Gasteiger partial charge is 0.369 e. The molecule has 0 aromatic heterocycles. The summed E-state index contributed by atoms with van der Waals surface area (Å²) in [6.45, 7) is 0. The van der Waals surface area contributed by atoms with Crippen LogP contribution in [0.4, 0.5) is 10.1 Å². The van der Waals surface area contributed by atoms with Crippen LogP contribution < -0.4 is 10.6 Å². The summed E-state index contributed by atoms with van der Waals surface area (Å²) in [6.07, 6.45) is 10.8. The standard InChI is InChI=1S/C20H19Cl2FN2O/c1-2-19(8-9-19)25-17(12-4-3-5-12)14-10-13(6-7-16(14)23)24-18(26)15-11-20(15,21)22/h1,6-7,10,15,25H,3-5,8-9,11H2,(H,24,26). The van der Waals surface area contributed by atoms with E-state index < -0.39 is 10.3 Å². The molecule has 3 saturated carbocycles. The number of allylic oxidation sites excluding steroid dienone is 1. The van der Waals surface area contributed by atoms with Gasteiger partial charge in [-0.05, 0) is 62.3 Å². The second kappa shape index (κ2) is 6.18. The van der Waals surface area contributed by atoms with Crippen molar-refractivity contribution < 1.29 is 9.18 Å². The van der Waals surface area contributed by atoms with Gasteiger partial charge in [0.1, 0.15) is 10.2 Å². The summed E-state index contributed by atoms with van der Waals surface area (Å²) >= 11 is 11.9. The van der Waals surface area contributed by atoms with Gasteiger partial charge in [-0.15, -0.1) is 29.6 Å². The van der Waals surface area contributed by atoms with E-state index in [9.17, 15) is 9.18 Å². The van der Waals surface area contributed by atoms with Gasteiger partial charge in [-0.2, -0.15) is 0 Å². The first-order valence-corrected chi connectivity index (χ1v) is 9.56. The van der Waals surface area contributed by atoms with E-state index in [1.165, 1.54) is 11.6 Å². The molecular formula is C20H19Cl2FN2O. The van der Waals surface area contributed by atoms with Gasteiger partial charge in [0.05, 0.1) is 11.5 Å². The van der Waals surface area contributed by atoms with Crippen LogP contribution >= 0.6 is 23.2 Å². The lowest BCUT2D eigenvalue weighted by atomic mass is 9.87. The summed E-state index contributed by atoms with van der Waals surface area (Å²) in [6, 6.07) is 4.56. The van der Waals surface area contributed by atoms with E-state index in [0.29, 0.717) is 17.7 Å². The van der Waals surface area contributed by atoms with Crippen molar-refractivity contribution in [3.8, 4) is 12.3 Å². The number of halogens is 3. The maximum Gasteiger partial charge on any atom is 0.230 e. The molecule has 3 fully saturated rings. The van der Waals surface area contributed by atoms with Crippen LogP contribution in [0, 0.1) is 24.1 Å². The van der Waals surface area contributed by atoms with Gasteiger partial charge >= 0.3 is 0 Å². The van der Waals surface area contributed by atoms with Gasteiger partial charge in [-0.1, -0.05) is 5.92 Å². The Morgan fingerprint density at radius 3 is 2.50 bits per heavy atom. The van der Waals surface area contributed by atoms with Crippen molar-refractivity contribution in [2.45, 2.75) is 48.4 Å². The Morgan fingerprint density at radius 2 is 2.00 bits per heavy atom. The van der Waals surface area contributed by atoms with Gasteiger partial charge in [-0.3, -0.25) is 4.79 Å². The summed E-state index contributed by atoms with van der Waals surface area (Å²) in [4.78, 5) is 12.2. The number of amides is 1. The quantitative estimate of drug-likeness (QED) is 0.567. The number of benzene rings is 1. The third kappa shape index (κ3) is 3.31. The van der Waals surface area contributed by atoms with Crippen LogP contribution in [0.2, 0.25) is 0 Å². The number of alkyl halides is 2. The number of anilines is 1. The molecule has 3 aliphatic rings. The minimum Gasteiger partial charge on any atom is -0.369 e. The van der Waals surface area contributed by atoms with Crippen molar-refractivity contribution in [1.29, 1.82) is 0 Å². The van der Waals surface area contributed by atoms with Crippen molar-refractivity contribution in [2.75, 3.05) is 5.32 Å². The number of nitrogens with one attached hydrogen (secondary N) is 2. The van der Waals surface area contributed by atoms with Crippen LogP contribution in [-0.2, 0) is 4.79 Å². The van der Waals surface area contributed by atoms with E-state index >= 15 is 0 Å². The molecule has 3 aliphatic carbocycles. The lowest BCUT2D eigenvalue weighted by Crippen LogP contribution is -2.30. The van der Waals surface area contributed by atoms with Crippen LogP contribution in [0.5, 0.6) is 0 Å². The van der Waals surface area contributed by atoms with Crippen LogP contribution in [0.15, 0.2) is 23.8 Å². The van der Waals surface area contributed by atoms with E-state index in [2.05, 4.69) is 16.6 Å². The lowest BCUT2D eigenvalue weighted by Gasteiger charge is -2.26. The number of hydrogen-bond acceptors (Lipinski definition) is 2. The zero-order chi connectivity index (χ0) is 18.5. The van der Waals surface area contributed by atoms with Crippen LogP contribution in [0.3, 0.4) is 0 Å². The molecular weight excluding hydrogens is 374 g/mol. The highest BCUT2D eigenvalue weighted by atomic mass is 35.5. The second-order valence-corrected chi connectivity index (χ2v) is 8.93. The molecule has 2 N–H and O–H groups in total. The molecule has 1 unspecified atom stereocenters. The first-order chi connectivity index (χ1) is 12.3. The highest BCUT2D eigenvalue weighted by Crippen LogP contribution is 2.53. The first-order valence-electron chi connectivity index (χ1n) is 8.80. The Kier molecular flexibility index (Phi) is 4.21. The third-order valence-corrected chi connectivity index (χ3v) is 6.18. The lowest BCUT2D eigenvalue weighted by molar-refractivity contribution is -0.117. The number of hydrogen-bond donors (Lipinski definition) is 2. The maximum absolute atomic E-state index is 14.6. The summed E-state index contributed by atoms with van der Waals surface area (Å²) in [7, 11) is 0. The van der Waals surface area contributed by atoms with Gasteiger partial charge in [0.25, 0.3) is 0 Å². The molecule has 1 aromatic rings. The van der Waals surface area contributed by atoms with Crippen LogP contribution in [-0.4, -0.2) is 15.8 Å². The fourth-order valence-corrected chi connectivity index (χ4v) is 3.65. The van der Waals surface area contributed by atoms with Gasteiger partial charge < -0.3 is 10.6 Å². The fraction of sp³-hybridized carbons (Fsp3) is 0.450. The fourth-order valence-electron chi connectivity index (χ4n) is 3.14. The van der Waals surface area contributed by atoms with Crippen molar-refractivity contribution in [3.63, 3.8) is 0 Å². The van der Waals surface area contributed by atoms with Gasteiger partial charge in [0, 0.05) is 16.9 Å². The van der Waals surface area contributed by atoms with Gasteiger partial charge in [0.15, 0.2) is 0 Å². The minimum absolute atomic E-state index is 0.249. The molecule has 3 nitrogen and oxygen atoms in total. The highest BCUT2D eigenvalue weighted by Gasteiger charge is 2.56. The zero-order valence-corrected chi connectivity index (χ0v) is 15.7. The molecule has 1 aromatic carbocycles. The molecule has 0 radical (unpaired) electrons. The van der Waals surface area contributed by atoms with Crippen molar-refractivity contribution in [1.82, 2.24) is 5.32 Å². The number of carbonyl (C=O) groups excluding carboxylic acids is 1. The smallest absolute Gasteiger partial charge is 0.230 e. The molecule has 1 atom stereocenters. The monoisotopic (exact) mass is 392 g/mol. The zero-order valence-electron chi connectivity index (χ0n) is 14.2. The Labute approximate surface area is 162 Å². The van der Waals surface area contributed by atoms with E-state index in [4.69, 9.17) is 29.6 Å². The maximum atomic E-state index is 14.6. The summed E-state index contributed by atoms with van der Waals surface area (Å²) in [5.74, 6) is 1.77. The van der Waals surface area contributed by atoms with Crippen molar-refractivity contribution in [3.05, 3.63) is 35.2 Å². The van der Waals surface area contributed by atoms with Crippen LogP contribution in [0.25, 0.3) is 5.70 Å². The summed E-state index contributed by atoms with van der Waals surface area (Å²) in [5.41, 5.74) is 2.55. The molecule has 6 heteroatoms. The molecule has 0 spiro atoms. The minimum atomic E-state index is -0.987. The second-order valence-electron chi connectivity index (χ2n) is 7.39. The van der Waals surface area contributed by atoms with Crippen molar-refractivity contribution >= 4 is 40.5 Å². The Bertz CT molecular complexity index is 846. The first kappa shape index (κ1) is 17.7. The number of rotatable bonds is 5. The van der Waals surface area contributed by atoms with Crippen molar-refractivity contribution in [2.24, 2.45) is 5.92 Å². The predicted molar refractivity (Wildman–Crippen MR) is 102 cm³/mol.